The van der Waals surface area contributed by atoms with E-state index >= 15 is 0 Å². The van der Waals surface area contributed by atoms with E-state index in [4.69, 9.17) is 0 Å². The maximum Gasteiger partial charge on any atom is 0.179 e. The number of rotatable bonds is 0. The van der Waals surface area contributed by atoms with Crippen LogP contribution >= 0.6 is 22.7 Å². The van der Waals surface area contributed by atoms with Gasteiger partial charge in [0.2, 0.25) is 0 Å². The maximum atomic E-state index is 4.30. The highest BCUT2D eigenvalue weighted by molar-refractivity contribution is 7.41. The van der Waals surface area contributed by atoms with Gasteiger partial charge in [0.15, 0.2) is 5.65 Å². The molecule has 0 spiro atoms. The quantitative estimate of drug-likeness (QED) is 0.423. The highest BCUT2D eigenvalue weighted by Gasteiger charge is 2.15. The van der Waals surface area contributed by atoms with Crippen LogP contribution in [-0.4, -0.2) is 14.6 Å². The molecule has 0 atom stereocenters. The molecular formula is C14H7N3S2. The molecule has 5 rings (SSSR count). The zero-order valence-electron chi connectivity index (χ0n) is 9.70. The molecule has 90 valence electrons. The summed E-state index contributed by atoms with van der Waals surface area (Å²) in [5, 5.41) is 14.5. The van der Waals surface area contributed by atoms with Crippen LogP contribution in [0.2, 0.25) is 0 Å². The molecule has 0 fully saturated rings. The summed E-state index contributed by atoms with van der Waals surface area (Å²) in [5.41, 5.74) is 2.13. The molecule has 3 nitrogen and oxygen atoms in total. The first-order valence-electron chi connectivity index (χ1n) is 5.93. The molecule has 0 saturated carbocycles. The Balaban J connectivity index is 2.29. The smallest absolute Gasteiger partial charge is 0.179 e. The van der Waals surface area contributed by atoms with Gasteiger partial charge in [0, 0.05) is 16.2 Å². The zero-order chi connectivity index (χ0) is 12.4. The highest BCUT2D eigenvalue weighted by Crippen LogP contribution is 2.42. The van der Waals surface area contributed by atoms with Crippen LogP contribution < -0.4 is 0 Å². The Kier molecular flexibility index (Phi) is 1.72. The van der Waals surface area contributed by atoms with Gasteiger partial charge >= 0.3 is 0 Å². The molecule has 19 heavy (non-hydrogen) atoms. The molecule has 0 amide bonds. The Morgan fingerprint density at radius 3 is 3.00 bits per heavy atom. The predicted molar refractivity (Wildman–Crippen MR) is 81.3 cm³/mol. The summed E-state index contributed by atoms with van der Waals surface area (Å²) < 4.78 is 4.67. The van der Waals surface area contributed by atoms with E-state index in [0.717, 1.165) is 5.65 Å². The van der Waals surface area contributed by atoms with Crippen molar-refractivity contribution in [3.8, 4) is 0 Å². The Morgan fingerprint density at radius 1 is 1.05 bits per heavy atom. The highest BCUT2D eigenvalue weighted by atomic mass is 32.2. The van der Waals surface area contributed by atoms with Crippen molar-refractivity contribution in [1.29, 1.82) is 0 Å². The third-order valence-corrected chi connectivity index (χ3v) is 5.75. The van der Waals surface area contributed by atoms with E-state index in [9.17, 15) is 0 Å². The second kappa shape index (κ2) is 3.31. The van der Waals surface area contributed by atoms with E-state index < -0.39 is 0 Å². The average molecular weight is 281 g/mol. The fourth-order valence-electron chi connectivity index (χ4n) is 2.71. The van der Waals surface area contributed by atoms with Gasteiger partial charge in [0.05, 0.1) is 14.2 Å². The van der Waals surface area contributed by atoms with E-state index in [2.05, 4.69) is 50.3 Å². The van der Waals surface area contributed by atoms with Crippen LogP contribution in [0.15, 0.2) is 42.0 Å². The largest absolute Gasteiger partial charge is 0.280 e. The average Bonchev–Trinajstić information content (AvgIpc) is 3.13. The zero-order valence-corrected chi connectivity index (χ0v) is 11.3. The lowest BCUT2D eigenvalue weighted by Crippen LogP contribution is -1.87. The van der Waals surface area contributed by atoms with Crippen molar-refractivity contribution in [3.63, 3.8) is 0 Å². The summed E-state index contributed by atoms with van der Waals surface area (Å²) in [5.74, 6) is 0. The summed E-state index contributed by atoms with van der Waals surface area (Å²) in [6, 6.07) is 10.7. The Bertz CT molecular complexity index is 1070. The molecule has 0 unspecified atom stereocenters. The number of hydrogen-bond acceptors (Lipinski definition) is 4. The summed E-state index contributed by atoms with van der Waals surface area (Å²) in [6.45, 7) is 0. The summed E-state index contributed by atoms with van der Waals surface area (Å²) in [4.78, 5) is 0. The van der Waals surface area contributed by atoms with Gasteiger partial charge in [-0.2, -0.15) is 0 Å². The monoisotopic (exact) mass is 281 g/mol. The lowest BCUT2D eigenvalue weighted by molar-refractivity contribution is 1.11. The number of thiophene rings is 2. The van der Waals surface area contributed by atoms with Crippen LogP contribution in [0.5, 0.6) is 0 Å². The summed E-state index contributed by atoms with van der Waals surface area (Å²) in [7, 11) is 0. The molecule has 5 aromatic rings. The molecule has 5 heteroatoms. The van der Waals surface area contributed by atoms with Gasteiger partial charge in [-0.15, -0.1) is 32.9 Å². The molecule has 0 bridgehead atoms. The minimum Gasteiger partial charge on any atom is -0.280 e. The number of nitrogens with zero attached hydrogens (tertiary/aromatic N) is 3. The van der Waals surface area contributed by atoms with Crippen molar-refractivity contribution in [1.82, 2.24) is 14.6 Å². The van der Waals surface area contributed by atoms with E-state index in [1.807, 2.05) is 11.3 Å². The molecule has 0 aliphatic rings. The van der Waals surface area contributed by atoms with Crippen LogP contribution in [0.3, 0.4) is 0 Å². The molecule has 1 aromatic carbocycles. The van der Waals surface area contributed by atoms with Crippen molar-refractivity contribution >= 4 is 58.7 Å². The number of para-hydroxylation sites is 1. The third-order valence-electron chi connectivity index (χ3n) is 3.50. The van der Waals surface area contributed by atoms with Crippen molar-refractivity contribution in [2.75, 3.05) is 0 Å². The second-order valence-corrected chi connectivity index (χ2v) is 6.66. The molecule has 4 aromatic heterocycles. The third kappa shape index (κ3) is 1.12. The fraction of sp³-hybridized carbons (Fsp3) is 0. The first-order chi connectivity index (χ1) is 9.43. The number of benzene rings is 1. The molecular weight excluding hydrogens is 274 g/mol. The van der Waals surface area contributed by atoms with Crippen LogP contribution in [-0.2, 0) is 0 Å². The lowest BCUT2D eigenvalue weighted by atomic mass is 10.1. The van der Waals surface area contributed by atoms with E-state index in [-0.39, 0.29) is 0 Å². The standard InChI is InChI=1S/C14H7N3S2/c1-2-4-10-8(3-1)11-9-5-6-18-14(9)19-12(11)13-16-15-7-17(10)13/h1-7H. The van der Waals surface area contributed by atoms with E-state index in [0.29, 0.717) is 0 Å². The second-order valence-electron chi connectivity index (χ2n) is 4.47. The summed E-state index contributed by atoms with van der Waals surface area (Å²) >= 11 is 3.61. The lowest BCUT2D eigenvalue weighted by Gasteiger charge is -2.03. The Hall–Kier alpha value is -1.98. The van der Waals surface area contributed by atoms with E-state index in [1.165, 1.54) is 30.4 Å². The number of aromatic nitrogens is 3. The molecule has 0 saturated heterocycles. The van der Waals surface area contributed by atoms with Gasteiger partial charge in [-0.25, -0.2) is 0 Å². The molecule has 0 aliphatic carbocycles. The van der Waals surface area contributed by atoms with Crippen molar-refractivity contribution < 1.29 is 0 Å². The van der Waals surface area contributed by atoms with Gasteiger partial charge in [-0.05, 0) is 17.5 Å². The minimum atomic E-state index is 0.960. The van der Waals surface area contributed by atoms with Crippen LogP contribution in [0.25, 0.3) is 36.0 Å². The number of hydrogen-bond donors (Lipinski definition) is 0. The van der Waals surface area contributed by atoms with Crippen molar-refractivity contribution in [2.45, 2.75) is 0 Å². The normalized spacial score (nSPS) is 12.2. The van der Waals surface area contributed by atoms with Gasteiger partial charge in [0.1, 0.15) is 6.33 Å². The molecule has 0 radical (unpaired) electrons. The molecule has 0 N–H and O–H groups in total. The van der Waals surface area contributed by atoms with Gasteiger partial charge < -0.3 is 0 Å². The first kappa shape index (κ1) is 9.89. The Labute approximate surface area is 115 Å². The van der Waals surface area contributed by atoms with Crippen LogP contribution in [0, 0.1) is 0 Å². The molecule has 4 heterocycles. The van der Waals surface area contributed by atoms with Gasteiger partial charge in [-0.3, -0.25) is 4.40 Å². The molecule has 0 aliphatic heterocycles. The Morgan fingerprint density at radius 2 is 2.00 bits per heavy atom. The minimum absolute atomic E-state index is 0.960. The number of pyridine rings is 1. The number of fused-ring (bicyclic) bond motifs is 8. The topological polar surface area (TPSA) is 30.2 Å². The fourth-order valence-corrected chi connectivity index (χ4v) is 4.96. The maximum absolute atomic E-state index is 4.30. The first-order valence-corrected chi connectivity index (χ1v) is 7.63. The van der Waals surface area contributed by atoms with Crippen LogP contribution in [0.4, 0.5) is 0 Å². The van der Waals surface area contributed by atoms with Crippen molar-refractivity contribution in [3.05, 3.63) is 42.0 Å². The van der Waals surface area contributed by atoms with Crippen molar-refractivity contribution in [2.24, 2.45) is 0 Å². The van der Waals surface area contributed by atoms with Crippen LogP contribution in [0.1, 0.15) is 0 Å². The summed E-state index contributed by atoms with van der Waals surface area (Å²) in [6.07, 6.45) is 1.80. The predicted octanol–water partition coefficient (Wildman–Crippen LogP) is 4.31. The van der Waals surface area contributed by atoms with E-state index in [1.54, 1.807) is 17.7 Å². The SMILES string of the molecule is c1ccc2c(c1)c1c3ccsc3sc1c1nncn21. The van der Waals surface area contributed by atoms with Gasteiger partial charge in [0.25, 0.3) is 0 Å². The van der Waals surface area contributed by atoms with Gasteiger partial charge in [-0.1, -0.05) is 18.2 Å².